The van der Waals surface area contributed by atoms with Crippen molar-refractivity contribution < 1.29 is 0 Å². The third-order valence-corrected chi connectivity index (χ3v) is 3.80. The van der Waals surface area contributed by atoms with Gasteiger partial charge in [-0.25, -0.2) is 0 Å². The van der Waals surface area contributed by atoms with Gasteiger partial charge in [0.15, 0.2) is 0 Å². The fraction of sp³-hybridized carbons (Fsp3) is 1.00. The first-order valence-electron chi connectivity index (χ1n) is 5.24. The minimum absolute atomic E-state index is 0.383. The zero-order valence-corrected chi connectivity index (χ0v) is 8.93. The van der Waals surface area contributed by atoms with Gasteiger partial charge >= 0.3 is 0 Å². The van der Waals surface area contributed by atoms with E-state index < -0.39 is 0 Å². The predicted molar refractivity (Wildman–Crippen MR) is 53.9 cm³/mol. The van der Waals surface area contributed by atoms with Crippen LogP contribution in [0.1, 0.15) is 47.0 Å². The third kappa shape index (κ3) is 1.82. The maximum atomic E-state index is 5.96. The van der Waals surface area contributed by atoms with Crippen molar-refractivity contribution in [2.75, 3.05) is 0 Å². The Morgan fingerprint density at radius 2 is 2.08 bits per heavy atom. The number of hydrogen-bond acceptors (Lipinski definition) is 1. The van der Waals surface area contributed by atoms with Gasteiger partial charge in [0.1, 0.15) is 0 Å². The molecule has 0 aliphatic heterocycles. The molecule has 4 unspecified atom stereocenters. The van der Waals surface area contributed by atoms with E-state index in [4.69, 9.17) is 5.73 Å². The maximum Gasteiger partial charge on any atom is 0.00415 e. The van der Waals surface area contributed by atoms with E-state index in [1.54, 1.807) is 0 Å². The molecule has 1 aliphatic carbocycles. The van der Waals surface area contributed by atoms with Crippen LogP contribution >= 0.6 is 0 Å². The zero-order valence-electron chi connectivity index (χ0n) is 8.93. The quantitative estimate of drug-likeness (QED) is 0.676. The normalized spacial score (nSPS) is 44.8. The smallest absolute Gasteiger partial charge is 0.00415 e. The largest absolute Gasteiger partial charge is 0.328 e. The molecule has 1 nitrogen and oxygen atoms in total. The average molecular weight is 169 g/mol. The summed E-state index contributed by atoms with van der Waals surface area (Å²) in [6, 6.07) is 0.383. The van der Waals surface area contributed by atoms with E-state index in [9.17, 15) is 0 Å². The first-order chi connectivity index (χ1) is 5.48. The number of nitrogens with two attached hydrogens (primary N) is 1. The van der Waals surface area contributed by atoms with Crippen LogP contribution in [0.15, 0.2) is 0 Å². The van der Waals surface area contributed by atoms with Gasteiger partial charge in [0, 0.05) is 6.04 Å². The molecule has 0 aromatic carbocycles. The number of hydrogen-bond donors (Lipinski definition) is 1. The molecule has 72 valence electrons. The monoisotopic (exact) mass is 169 g/mol. The summed E-state index contributed by atoms with van der Waals surface area (Å²) >= 11 is 0. The van der Waals surface area contributed by atoms with Crippen molar-refractivity contribution in [1.82, 2.24) is 0 Å². The Balaban J connectivity index is 2.61. The Morgan fingerprint density at radius 3 is 2.33 bits per heavy atom. The lowest BCUT2D eigenvalue weighted by Crippen LogP contribution is -2.28. The summed E-state index contributed by atoms with van der Waals surface area (Å²) in [5, 5.41) is 0. The van der Waals surface area contributed by atoms with Gasteiger partial charge in [-0.15, -0.1) is 0 Å². The molecule has 0 saturated heterocycles. The second kappa shape index (κ2) is 3.37. The Kier molecular flexibility index (Phi) is 2.82. The second-order valence-electron chi connectivity index (χ2n) is 5.07. The molecule has 0 amide bonds. The van der Waals surface area contributed by atoms with Gasteiger partial charge in [-0.2, -0.15) is 0 Å². The summed E-state index contributed by atoms with van der Waals surface area (Å²) in [7, 11) is 0. The van der Waals surface area contributed by atoms with Crippen molar-refractivity contribution in [3.63, 3.8) is 0 Å². The summed E-state index contributed by atoms with van der Waals surface area (Å²) in [4.78, 5) is 0. The Morgan fingerprint density at radius 1 is 1.50 bits per heavy atom. The van der Waals surface area contributed by atoms with Crippen molar-refractivity contribution >= 4 is 0 Å². The lowest BCUT2D eigenvalue weighted by molar-refractivity contribution is 0.299. The maximum absolute atomic E-state index is 5.96. The summed E-state index contributed by atoms with van der Waals surface area (Å²) < 4.78 is 0. The molecule has 1 fully saturated rings. The van der Waals surface area contributed by atoms with Crippen LogP contribution < -0.4 is 5.73 Å². The molecule has 1 rings (SSSR count). The van der Waals surface area contributed by atoms with Crippen LogP contribution in [0, 0.1) is 17.3 Å². The summed E-state index contributed by atoms with van der Waals surface area (Å²) in [6.07, 6.45) is 4.01. The molecule has 1 saturated carbocycles. The highest BCUT2D eigenvalue weighted by atomic mass is 14.7. The molecule has 12 heavy (non-hydrogen) atoms. The molecule has 0 radical (unpaired) electrons. The molecule has 0 aromatic rings. The molecule has 0 aromatic heterocycles. The van der Waals surface area contributed by atoms with Crippen LogP contribution in [0.3, 0.4) is 0 Å². The predicted octanol–water partition coefficient (Wildman–Crippen LogP) is 2.80. The molecule has 0 heterocycles. The van der Waals surface area contributed by atoms with Gasteiger partial charge in [0.2, 0.25) is 0 Å². The lowest BCUT2D eigenvalue weighted by Gasteiger charge is -2.22. The van der Waals surface area contributed by atoms with Crippen molar-refractivity contribution in [2.45, 2.75) is 53.0 Å². The van der Waals surface area contributed by atoms with Gasteiger partial charge in [-0.05, 0) is 37.0 Å². The fourth-order valence-corrected chi connectivity index (χ4v) is 2.78. The minimum Gasteiger partial charge on any atom is -0.328 e. The molecule has 0 spiro atoms. The fourth-order valence-electron chi connectivity index (χ4n) is 2.78. The van der Waals surface area contributed by atoms with E-state index >= 15 is 0 Å². The van der Waals surface area contributed by atoms with Crippen LogP contribution in [0.5, 0.6) is 0 Å². The van der Waals surface area contributed by atoms with Crippen molar-refractivity contribution in [3.05, 3.63) is 0 Å². The van der Waals surface area contributed by atoms with Crippen LogP contribution in [-0.4, -0.2) is 6.04 Å². The van der Waals surface area contributed by atoms with Gasteiger partial charge in [-0.1, -0.05) is 27.2 Å². The summed E-state index contributed by atoms with van der Waals surface area (Å²) in [6.45, 7) is 9.22. The molecule has 2 N–H and O–H groups in total. The van der Waals surface area contributed by atoms with E-state index in [-0.39, 0.29) is 0 Å². The first kappa shape index (κ1) is 10.0. The third-order valence-electron chi connectivity index (χ3n) is 3.80. The standard InChI is InChI=1S/C11H23N/c1-5-11(4)6-8(2)10(7-11)9(3)12/h8-10H,5-7,12H2,1-4H3. The molecular formula is C11H23N. The Labute approximate surface area is 76.7 Å². The van der Waals surface area contributed by atoms with Gasteiger partial charge in [-0.3, -0.25) is 0 Å². The number of rotatable bonds is 2. The van der Waals surface area contributed by atoms with E-state index in [1.165, 1.54) is 19.3 Å². The van der Waals surface area contributed by atoms with Crippen LogP contribution in [-0.2, 0) is 0 Å². The van der Waals surface area contributed by atoms with Crippen molar-refractivity contribution in [3.8, 4) is 0 Å². The highest BCUT2D eigenvalue weighted by Crippen LogP contribution is 2.48. The lowest BCUT2D eigenvalue weighted by atomic mass is 9.84. The Bertz CT molecular complexity index is 153. The molecule has 4 atom stereocenters. The molecular weight excluding hydrogens is 146 g/mol. The van der Waals surface area contributed by atoms with Crippen LogP contribution in [0.4, 0.5) is 0 Å². The van der Waals surface area contributed by atoms with E-state index in [1.807, 2.05) is 0 Å². The first-order valence-corrected chi connectivity index (χ1v) is 5.24. The minimum atomic E-state index is 0.383. The zero-order chi connectivity index (χ0) is 9.35. The summed E-state index contributed by atoms with van der Waals surface area (Å²) in [5.41, 5.74) is 6.54. The highest BCUT2D eigenvalue weighted by molar-refractivity contribution is 4.91. The summed E-state index contributed by atoms with van der Waals surface area (Å²) in [5.74, 6) is 1.59. The molecule has 1 heteroatoms. The van der Waals surface area contributed by atoms with E-state index in [0.717, 1.165) is 11.8 Å². The van der Waals surface area contributed by atoms with E-state index in [0.29, 0.717) is 11.5 Å². The highest BCUT2D eigenvalue weighted by Gasteiger charge is 2.39. The van der Waals surface area contributed by atoms with Crippen LogP contribution in [0.25, 0.3) is 0 Å². The van der Waals surface area contributed by atoms with Gasteiger partial charge in [0.25, 0.3) is 0 Å². The van der Waals surface area contributed by atoms with Gasteiger partial charge < -0.3 is 5.73 Å². The van der Waals surface area contributed by atoms with Crippen LogP contribution in [0.2, 0.25) is 0 Å². The molecule has 1 aliphatic rings. The second-order valence-corrected chi connectivity index (χ2v) is 5.07. The Hall–Kier alpha value is -0.0400. The van der Waals surface area contributed by atoms with E-state index in [2.05, 4.69) is 27.7 Å². The molecule has 0 bridgehead atoms. The average Bonchev–Trinajstić information content (AvgIpc) is 2.28. The topological polar surface area (TPSA) is 26.0 Å². The SMILES string of the molecule is CCC1(C)CC(C)C(C(C)N)C1. The van der Waals surface area contributed by atoms with Gasteiger partial charge in [0.05, 0.1) is 0 Å². The van der Waals surface area contributed by atoms with Crippen molar-refractivity contribution in [1.29, 1.82) is 0 Å². The van der Waals surface area contributed by atoms with Crippen molar-refractivity contribution in [2.24, 2.45) is 23.0 Å².